The lowest BCUT2D eigenvalue weighted by atomic mass is 9.92. The third-order valence-electron chi connectivity index (χ3n) is 2.69. The molecule has 1 fully saturated rings. The molecule has 0 bridgehead atoms. The first-order valence-electron chi connectivity index (χ1n) is 5.64. The van der Waals surface area contributed by atoms with Crippen molar-refractivity contribution < 1.29 is 19.0 Å². The molecule has 0 aromatic heterocycles. The van der Waals surface area contributed by atoms with Gasteiger partial charge in [-0.05, 0) is 13.8 Å². The summed E-state index contributed by atoms with van der Waals surface area (Å²) in [5.74, 6) is -0.226. The maximum absolute atomic E-state index is 11.7. The van der Waals surface area contributed by atoms with Crippen LogP contribution in [0.2, 0.25) is 0 Å². The molecule has 0 radical (unpaired) electrons. The molecule has 0 N–H and O–H groups in total. The largest absolute Gasteiger partial charge is 0.466 e. The SMILES string of the molecule is CCOC(=O)[C@@H]1[C@@H](CC)CO[C@H]1OCC. The van der Waals surface area contributed by atoms with E-state index in [9.17, 15) is 4.79 Å². The Morgan fingerprint density at radius 3 is 2.60 bits per heavy atom. The molecule has 15 heavy (non-hydrogen) atoms. The molecular weight excluding hydrogens is 196 g/mol. The van der Waals surface area contributed by atoms with Crippen LogP contribution in [0.5, 0.6) is 0 Å². The van der Waals surface area contributed by atoms with E-state index in [0.717, 1.165) is 6.42 Å². The van der Waals surface area contributed by atoms with Crippen LogP contribution in [0.1, 0.15) is 27.2 Å². The van der Waals surface area contributed by atoms with E-state index in [1.54, 1.807) is 0 Å². The van der Waals surface area contributed by atoms with Gasteiger partial charge in [-0.15, -0.1) is 0 Å². The fourth-order valence-corrected chi connectivity index (χ4v) is 1.88. The van der Waals surface area contributed by atoms with Crippen LogP contribution in [0.25, 0.3) is 0 Å². The standard InChI is InChI=1S/C11H20O4/c1-4-8-7-15-11(14-6-3)9(8)10(12)13-5-2/h8-9,11H,4-7H2,1-3H3/t8-,9-,11+/m0/s1. The zero-order valence-corrected chi connectivity index (χ0v) is 9.69. The fourth-order valence-electron chi connectivity index (χ4n) is 1.88. The molecule has 0 aromatic carbocycles. The van der Waals surface area contributed by atoms with Crippen molar-refractivity contribution in [3.05, 3.63) is 0 Å². The molecule has 0 spiro atoms. The average molecular weight is 216 g/mol. The van der Waals surface area contributed by atoms with E-state index in [2.05, 4.69) is 6.92 Å². The van der Waals surface area contributed by atoms with Crippen LogP contribution in [0.4, 0.5) is 0 Å². The maximum Gasteiger partial charge on any atom is 0.314 e. The minimum Gasteiger partial charge on any atom is -0.466 e. The van der Waals surface area contributed by atoms with E-state index >= 15 is 0 Å². The van der Waals surface area contributed by atoms with E-state index in [1.807, 2.05) is 13.8 Å². The topological polar surface area (TPSA) is 44.8 Å². The van der Waals surface area contributed by atoms with Crippen molar-refractivity contribution in [1.29, 1.82) is 0 Å². The Balaban J connectivity index is 2.62. The number of hydrogen-bond donors (Lipinski definition) is 0. The highest BCUT2D eigenvalue weighted by atomic mass is 16.7. The molecule has 1 aliphatic rings. The number of rotatable bonds is 5. The number of ether oxygens (including phenoxy) is 3. The van der Waals surface area contributed by atoms with Gasteiger partial charge in [0.25, 0.3) is 0 Å². The van der Waals surface area contributed by atoms with Crippen molar-refractivity contribution in [1.82, 2.24) is 0 Å². The van der Waals surface area contributed by atoms with Crippen molar-refractivity contribution in [2.24, 2.45) is 11.8 Å². The van der Waals surface area contributed by atoms with Gasteiger partial charge in [0.2, 0.25) is 0 Å². The average Bonchev–Trinajstić information content (AvgIpc) is 2.62. The molecule has 1 aliphatic heterocycles. The number of esters is 1. The van der Waals surface area contributed by atoms with Crippen molar-refractivity contribution in [2.45, 2.75) is 33.5 Å². The lowest BCUT2D eigenvalue weighted by Gasteiger charge is -2.19. The molecule has 88 valence electrons. The summed E-state index contributed by atoms with van der Waals surface area (Å²) in [5, 5.41) is 0. The van der Waals surface area contributed by atoms with Gasteiger partial charge < -0.3 is 14.2 Å². The van der Waals surface area contributed by atoms with Crippen LogP contribution in [0.3, 0.4) is 0 Å². The van der Waals surface area contributed by atoms with Crippen LogP contribution in [-0.2, 0) is 19.0 Å². The third kappa shape index (κ3) is 2.92. The summed E-state index contributed by atoms with van der Waals surface area (Å²) in [4.78, 5) is 11.7. The van der Waals surface area contributed by atoms with Gasteiger partial charge in [-0.2, -0.15) is 0 Å². The lowest BCUT2D eigenvalue weighted by Crippen LogP contribution is -2.32. The third-order valence-corrected chi connectivity index (χ3v) is 2.69. The summed E-state index contributed by atoms with van der Waals surface area (Å²) < 4.78 is 15.9. The van der Waals surface area contributed by atoms with Crippen LogP contribution >= 0.6 is 0 Å². The second-order valence-electron chi connectivity index (χ2n) is 3.60. The Labute approximate surface area is 90.9 Å². The second-order valence-corrected chi connectivity index (χ2v) is 3.60. The van der Waals surface area contributed by atoms with E-state index in [-0.39, 0.29) is 17.8 Å². The normalized spacial score (nSPS) is 30.5. The van der Waals surface area contributed by atoms with Crippen molar-refractivity contribution in [3.8, 4) is 0 Å². The predicted molar refractivity (Wildman–Crippen MR) is 55.3 cm³/mol. The van der Waals surface area contributed by atoms with Crippen LogP contribution in [0.15, 0.2) is 0 Å². The summed E-state index contributed by atoms with van der Waals surface area (Å²) in [6.07, 6.45) is 0.492. The summed E-state index contributed by atoms with van der Waals surface area (Å²) >= 11 is 0. The van der Waals surface area contributed by atoms with Crippen LogP contribution < -0.4 is 0 Å². The van der Waals surface area contributed by atoms with Gasteiger partial charge in [-0.25, -0.2) is 0 Å². The molecule has 0 amide bonds. The molecule has 0 saturated carbocycles. The highest BCUT2D eigenvalue weighted by Gasteiger charge is 2.42. The highest BCUT2D eigenvalue weighted by Crippen LogP contribution is 2.31. The van der Waals surface area contributed by atoms with E-state index in [1.165, 1.54) is 0 Å². The molecule has 0 aromatic rings. The van der Waals surface area contributed by atoms with E-state index in [0.29, 0.717) is 19.8 Å². The highest BCUT2D eigenvalue weighted by molar-refractivity contribution is 5.73. The van der Waals surface area contributed by atoms with Gasteiger partial charge >= 0.3 is 5.97 Å². The number of carbonyl (C=O) groups excluding carboxylic acids is 1. The minimum absolute atomic E-state index is 0.194. The fraction of sp³-hybridized carbons (Fsp3) is 0.909. The van der Waals surface area contributed by atoms with Crippen LogP contribution in [0, 0.1) is 11.8 Å². The summed E-state index contributed by atoms with van der Waals surface area (Å²) in [7, 11) is 0. The maximum atomic E-state index is 11.7. The first kappa shape index (κ1) is 12.5. The zero-order chi connectivity index (χ0) is 11.3. The Bertz CT molecular complexity index is 205. The molecule has 0 unspecified atom stereocenters. The lowest BCUT2D eigenvalue weighted by molar-refractivity contribution is -0.168. The molecule has 0 aliphatic carbocycles. The Morgan fingerprint density at radius 1 is 1.33 bits per heavy atom. The first-order valence-corrected chi connectivity index (χ1v) is 5.64. The van der Waals surface area contributed by atoms with Crippen molar-refractivity contribution >= 4 is 5.97 Å². The van der Waals surface area contributed by atoms with Crippen LogP contribution in [-0.4, -0.2) is 32.1 Å². The monoisotopic (exact) mass is 216 g/mol. The van der Waals surface area contributed by atoms with Gasteiger partial charge in [0.15, 0.2) is 6.29 Å². The minimum atomic E-state index is -0.418. The molecular formula is C11H20O4. The van der Waals surface area contributed by atoms with Gasteiger partial charge in [0, 0.05) is 12.5 Å². The summed E-state index contributed by atoms with van der Waals surface area (Å²) in [6.45, 7) is 7.30. The number of hydrogen-bond acceptors (Lipinski definition) is 4. The summed E-state index contributed by atoms with van der Waals surface area (Å²) in [5.41, 5.74) is 0. The quantitative estimate of drug-likeness (QED) is 0.655. The second kappa shape index (κ2) is 6.08. The first-order chi connectivity index (χ1) is 7.24. The van der Waals surface area contributed by atoms with Gasteiger partial charge in [-0.1, -0.05) is 13.3 Å². The van der Waals surface area contributed by atoms with E-state index in [4.69, 9.17) is 14.2 Å². The molecule has 1 saturated heterocycles. The molecule has 3 atom stereocenters. The zero-order valence-electron chi connectivity index (χ0n) is 9.69. The van der Waals surface area contributed by atoms with Crippen molar-refractivity contribution in [3.63, 3.8) is 0 Å². The Morgan fingerprint density at radius 2 is 2.07 bits per heavy atom. The predicted octanol–water partition coefficient (Wildman–Crippen LogP) is 1.58. The smallest absolute Gasteiger partial charge is 0.314 e. The van der Waals surface area contributed by atoms with Gasteiger partial charge in [-0.3, -0.25) is 4.79 Å². The molecule has 4 heteroatoms. The molecule has 1 heterocycles. The van der Waals surface area contributed by atoms with Crippen molar-refractivity contribution in [2.75, 3.05) is 19.8 Å². The Hall–Kier alpha value is -0.610. The molecule has 4 nitrogen and oxygen atoms in total. The summed E-state index contributed by atoms with van der Waals surface area (Å²) in [6, 6.07) is 0. The molecule has 1 rings (SSSR count). The van der Waals surface area contributed by atoms with E-state index < -0.39 is 6.29 Å². The van der Waals surface area contributed by atoms with Gasteiger partial charge in [0.05, 0.1) is 13.2 Å². The Kier molecular flexibility index (Phi) is 5.05. The number of carbonyl (C=O) groups is 1. The van der Waals surface area contributed by atoms with Gasteiger partial charge in [0.1, 0.15) is 5.92 Å².